The van der Waals surface area contributed by atoms with Crippen molar-refractivity contribution in [1.29, 1.82) is 0 Å². The second kappa shape index (κ2) is 14.2. The number of hydrogen-bond acceptors (Lipinski definition) is 7. The van der Waals surface area contributed by atoms with Gasteiger partial charge in [0.05, 0.1) is 7.11 Å². The highest BCUT2D eigenvalue weighted by atomic mass is 16.6. The molecule has 0 radical (unpaired) electrons. The molecule has 2 rings (SSSR count). The summed E-state index contributed by atoms with van der Waals surface area (Å²) in [5.41, 5.74) is 2.16. The summed E-state index contributed by atoms with van der Waals surface area (Å²) in [6, 6.07) is 13.0. The number of aliphatic hydroxyl groups is 1. The molecule has 9 nitrogen and oxygen atoms in total. The van der Waals surface area contributed by atoms with Gasteiger partial charge in [0.2, 0.25) is 0 Å². The molecule has 0 heterocycles. The summed E-state index contributed by atoms with van der Waals surface area (Å²) in [6.07, 6.45) is 3.60. The molecule has 190 valence electrons. The lowest BCUT2D eigenvalue weighted by Crippen LogP contribution is -2.18. The van der Waals surface area contributed by atoms with E-state index in [1.165, 1.54) is 19.3 Å². The first kappa shape index (κ1) is 28.0. The number of benzene rings is 2. The zero-order valence-electron chi connectivity index (χ0n) is 19.7. The van der Waals surface area contributed by atoms with E-state index in [2.05, 4.69) is 4.74 Å². The summed E-state index contributed by atoms with van der Waals surface area (Å²) < 4.78 is 10.2. The van der Waals surface area contributed by atoms with Crippen molar-refractivity contribution >= 4 is 36.0 Å². The van der Waals surface area contributed by atoms with Gasteiger partial charge in [-0.2, -0.15) is 0 Å². The number of aliphatic hydroxyl groups excluding tert-OH is 1. The Kier molecular flexibility index (Phi) is 11.1. The molecule has 2 aromatic rings. The van der Waals surface area contributed by atoms with Gasteiger partial charge in [-0.1, -0.05) is 48.5 Å². The number of rotatable bonds is 13. The number of carboxylic acid groups (broad SMARTS) is 2. The van der Waals surface area contributed by atoms with Crippen LogP contribution in [0, 0.1) is 0 Å². The van der Waals surface area contributed by atoms with Crippen LogP contribution in [-0.4, -0.2) is 46.3 Å². The van der Waals surface area contributed by atoms with E-state index in [9.17, 15) is 24.3 Å². The minimum atomic E-state index is -1.23. The summed E-state index contributed by atoms with van der Waals surface area (Å²) in [6.45, 7) is 0. The van der Waals surface area contributed by atoms with Crippen molar-refractivity contribution in [2.75, 3.05) is 7.11 Å². The molecule has 0 fully saturated rings. The average molecular weight is 497 g/mol. The molecular formula is C27H28O9. The van der Waals surface area contributed by atoms with Gasteiger partial charge in [0.15, 0.2) is 6.10 Å². The predicted octanol–water partition coefficient (Wildman–Crippen LogP) is 3.93. The van der Waals surface area contributed by atoms with Crippen LogP contribution in [0.2, 0.25) is 0 Å². The number of esters is 2. The van der Waals surface area contributed by atoms with E-state index in [0.717, 1.165) is 12.2 Å². The van der Waals surface area contributed by atoms with Crippen molar-refractivity contribution in [1.82, 2.24) is 0 Å². The number of aliphatic carboxylic acids is 2. The van der Waals surface area contributed by atoms with Crippen LogP contribution in [-0.2, 0) is 28.7 Å². The zero-order valence-corrected chi connectivity index (χ0v) is 19.7. The van der Waals surface area contributed by atoms with Crippen LogP contribution in [0.25, 0.3) is 12.2 Å². The highest BCUT2D eigenvalue weighted by Gasteiger charge is 2.27. The monoisotopic (exact) mass is 496 g/mol. The summed E-state index contributed by atoms with van der Waals surface area (Å²) >= 11 is 0. The average Bonchev–Trinajstić information content (AvgIpc) is 2.87. The van der Waals surface area contributed by atoms with E-state index >= 15 is 0 Å². The third-order valence-electron chi connectivity index (χ3n) is 5.16. The molecule has 9 heteroatoms. The first-order valence-electron chi connectivity index (χ1n) is 11.2. The Morgan fingerprint density at radius 2 is 1.19 bits per heavy atom. The molecule has 0 aliphatic carbocycles. The fourth-order valence-electron chi connectivity index (χ4n) is 3.27. The molecule has 3 N–H and O–H groups in total. The van der Waals surface area contributed by atoms with Crippen molar-refractivity contribution in [3.8, 4) is 0 Å². The Balaban J connectivity index is 2.21. The fourth-order valence-corrected chi connectivity index (χ4v) is 3.27. The standard InChI is InChI=1S/C27H28O9/c1-35-24(32)4-2-3-5-25(33)36-27(21-14-8-19(9-15-21)11-17-23(30)31)26(34)20-12-6-18(7-13-20)10-16-22(28)29/h6-17,26-27,34H,2-5H2,1H3,(H,28,29)(H,30,31)/b16-10+,17-11+. The van der Waals surface area contributed by atoms with Gasteiger partial charge < -0.3 is 24.8 Å². The lowest BCUT2D eigenvalue weighted by molar-refractivity contribution is -0.156. The molecular weight excluding hydrogens is 468 g/mol. The quantitative estimate of drug-likeness (QED) is 0.213. The van der Waals surface area contributed by atoms with Gasteiger partial charge in [-0.05, 0) is 47.2 Å². The molecule has 2 atom stereocenters. The van der Waals surface area contributed by atoms with Gasteiger partial charge >= 0.3 is 23.9 Å². The molecule has 0 bridgehead atoms. The van der Waals surface area contributed by atoms with E-state index in [0.29, 0.717) is 35.1 Å². The third-order valence-corrected chi connectivity index (χ3v) is 5.16. The smallest absolute Gasteiger partial charge is 0.328 e. The topological polar surface area (TPSA) is 147 Å². The minimum Gasteiger partial charge on any atom is -0.478 e. The van der Waals surface area contributed by atoms with Crippen molar-refractivity contribution < 1.29 is 44.0 Å². The molecule has 2 unspecified atom stereocenters. The van der Waals surface area contributed by atoms with E-state index in [1.807, 2.05) is 0 Å². The Labute approximate surface area is 208 Å². The largest absolute Gasteiger partial charge is 0.478 e. The van der Waals surface area contributed by atoms with Crippen LogP contribution < -0.4 is 0 Å². The number of ether oxygens (including phenoxy) is 2. The van der Waals surface area contributed by atoms with Gasteiger partial charge in [0.1, 0.15) is 6.10 Å². The summed E-state index contributed by atoms with van der Waals surface area (Å²) in [5.74, 6) is -3.09. The SMILES string of the molecule is COC(=O)CCCCC(=O)OC(c1ccc(/C=C/C(=O)O)cc1)C(O)c1ccc(/C=C/C(=O)O)cc1. The third kappa shape index (κ3) is 9.55. The van der Waals surface area contributed by atoms with Crippen molar-refractivity contribution in [2.45, 2.75) is 37.9 Å². The number of carboxylic acids is 2. The van der Waals surface area contributed by atoms with Crippen molar-refractivity contribution in [2.24, 2.45) is 0 Å². The normalized spacial score (nSPS) is 12.8. The molecule has 0 aliphatic rings. The maximum atomic E-state index is 12.5. The van der Waals surface area contributed by atoms with E-state index in [-0.39, 0.29) is 18.8 Å². The van der Waals surface area contributed by atoms with Crippen LogP contribution >= 0.6 is 0 Å². The molecule has 0 aliphatic heterocycles. The second-order valence-corrected chi connectivity index (χ2v) is 7.82. The van der Waals surface area contributed by atoms with Crippen molar-refractivity contribution in [3.63, 3.8) is 0 Å². The number of hydrogen-bond donors (Lipinski definition) is 3. The van der Waals surface area contributed by atoms with Gasteiger partial charge in [-0.15, -0.1) is 0 Å². The lowest BCUT2D eigenvalue weighted by Gasteiger charge is -2.24. The first-order chi connectivity index (χ1) is 17.2. The van der Waals surface area contributed by atoms with Gasteiger partial charge in [-0.3, -0.25) is 9.59 Å². The van der Waals surface area contributed by atoms with E-state index < -0.39 is 30.1 Å². The second-order valence-electron chi connectivity index (χ2n) is 7.82. The van der Waals surface area contributed by atoms with Crippen molar-refractivity contribution in [3.05, 3.63) is 82.9 Å². The number of unbranched alkanes of at least 4 members (excludes halogenated alkanes) is 1. The Morgan fingerprint density at radius 1 is 0.750 bits per heavy atom. The van der Waals surface area contributed by atoms with Crippen LogP contribution in [0.5, 0.6) is 0 Å². The fraction of sp³-hybridized carbons (Fsp3) is 0.259. The molecule has 36 heavy (non-hydrogen) atoms. The number of carbonyl (C=O) groups is 4. The predicted molar refractivity (Wildman–Crippen MR) is 131 cm³/mol. The first-order valence-corrected chi connectivity index (χ1v) is 11.2. The van der Waals surface area contributed by atoms with Gasteiger partial charge in [-0.25, -0.2) is 9.59 Å². The molecule has 0 amide bonds. The Morgan fingerprint density at radius 3 is 1.64 bits per heavy atom. The van der Waals surface area contributed by atoms with E-state index in [1.54, 1.807) is 48.5 Å². The molecule has 0 aromatic heterocycles. The maximum Gasteiger partial charge on any atom is 0.328 e. The molecule has 0 spiro atoms. The Bertz CT molecular complexity index is 1100. The highest BCUT2D eigenvalue weighted by molar-refractivity contribution is 5.85. The lowest BCUT2D eigenvalue weighted by atomic mass is 9.96. The number of carbonyl (C=O) groups excluding carboxylic acids is 2. The Hall–Kier alpha value is -4.24. The molecule has 0 saturated heterocycles. The highest BCUT2D eigenvalue weighted by Crippen LogP contribution is 2.33. The molecule has 0 saturated carbocycles. The van der Waals surface area contributed by atoms with Gasteiger partial charge in [0.25, 0.3) is 0 Å². The van der Waals surface area contributed by atoms with Crippen LogP contribution in [0.4, 0.5) is 0 Å². The van der Waals surface area contributed by atoms with E-state index in [4.69, 9.17) is 14.9 Å². The maximum absolute atomic E-state index is 12.5. The minimum absolute atomic E-state index is 0.0402. The summed E-state index contributed by atoms with van der Waals surface area (Å²) in [5, 5.41) is 28.6. The van der Waals surface area contributed by atoms with Crippen LogP contribution in [0.15, 0.2) is 60.7 Å². The van der Waals surface area contributed by atoms with Gasteiger partial charge in [0, 0.05) is 25.0 Å². The number of methoxy groups -OCH3 is 1. The summed E-state index contributed by atoms with van der Waals surface area (Å²) in [7, 11) is 1.29. The van der Waals surface area contributed by atoms with Crippen LogP contribution in [0.1, 0.15) is 60.1 Å². The zero-order chi connectivity index (χ0) is 26.5. The molecule has 2 aromatic carbocycles. The summed E-state index contributed by atoms with van der Waals surface area (Å²) in [4.78, 5) is 45.2. The van der Waals surface area contributed by atoms with Crippen LogP contribution in [0.3, 0.4) is 0 Å².